The molecule has 0 N–H and O–H groups in total. The number of nitrogens with zero attached hydrogens (tertiary/aromatic N) is 5. The highest BCUT2D eigenvalue weighted by Gasteiger charge is 2.20. The summed E-state index contributed by atoms with van der Waals surface area (Å²) < 4.78 is 0. The molecule has 0 amide bonds. The van der Waals surface area contributed by atoms with Crippen LogP contribution in [0.15, 0.2) is 48.8 Å². The van der Waals surface area contributed by atoms with E-state index in [2.05, 4.69) is 62.2 Å². The fourth-order valence-electron chi connectivity index (χ4n) is 3.48. The minimum Gasteiger partial charge on any atom is -0.352 e. The largest absolute Gasteiger partial charge is 0.352 e. The number of benzene rings is 1. The van der Waals surface area contributed by atoms with Crippen LogP contribution in [0.2, 0.25) is 0 Å². The van der Waals surface area contributed by atoms with Crippen LogP contribution < -0.4 is 4.90 Å². The first-order valence-electron chi connectivity index (χ1n) is 8.95. The van der Waals surface area contributed by atoms with E-state index in [1.54, 1.807) is 6.20 Å². The summed E-state index contributed by atoms with van der Waals surface area (Å²) in [5.41, 5.74) is 2.17. The van der Waals surface area contributed by atoms with Gasteiger partial charge in [0.05, 0.1) is 5.69 Å². The number of fused-ring (bicyclic) bond motifs is 1. The van der Waals surface area contributed by atoms with E-state index in [0.29, 0.717) is 0 Å². The lowest BCUT2D eigenvalue weighted by molar-refractivity contribution is 0.270. The molecule has 1 aromatic carbocycles. The molecule has 1 aliphatic rings. The number of pyridine rings is 1. The van der Waals surface area contributed by atoms with E-state index in [1.165, 1.54) is 10.8 Å². The van der Waals surface area contributed by atoms with Crippen LogP contribution in [0, 0.1) is 0 Å². The van der Waals surface area contributed by atoms with Crippen LogP contribution in [-0.2, 0) is 6.42 Å². The van der Waals surface area contributed by atoms with Gasteiger partial charge in [0.15, 0.2) is 5.82 Å². The fourth-order valence-corrected chi connectivity index (χ4v) is 3.48. The zero-order valence-corrected chi connectivity index (χ0v) is 14.6. The Morgan fingerprint density at radius 3 is 2.44 bits per heavy atom. The smallest absolute Gasteiger partial charge is 0.159 e. The second-order valence-corrected chi connectivity index (χ2v) is 6.48. The van der Waals surface area contributed by atoms with Crippen molar-refractivity contribution in [2.75, 3.05) is 37.6 Å². The molecule has 4 rings (SSSR count). The first-order valence-corrected chi connectivity index (χ1v) is 8.95. The Morgan fingerprint density at radius 2 is 1.72 bits per heavy atom. The summed E-state index contributed by atoms with van der Waals surface area (Å²) in [6, 6.07) is 12.5. The number of aromatic nitrogens is 3. The normalized spacial score (nSPS) is 15.6. The second-order valence-electron chi connectivity index (χ2n) is 6.48. The zero-order valence-electron chi connectivity index (χ0n) is 14.6. The molecule has 0 spiro atoms. The van der Waals surface area contributed by atoms with Crippen molar-refractivity contribution in [3.63, 3.8) is 0 Å². The molecule has 1 saturated heterocycles. The van der Waals surface area contributed by atoms with Crippen LogP contribution in [0.5, 0.6) is 0 Å². The molecular weight excluding hydrogens is 310 g/mol. The van der Waals surface area contributed by atoms with E-state index < -0.39 is 0 Å². The van der Waals surface area contributed by atoms with Crippen molar-refractivity contribution in [1.82, 2.24) is 20.1 Å². The van der Waals surface area contributed by atoms with Crippen molar-refractivity contribution in [2.24, 2.45) is 0 Å². The van der Waals surface area contributed by atoms with Crippen LogP contribution in [0.4, 0.5) is 5.82 Å². The van der Waals surface area contributed by atoms with Crippen molar-refractivity contribution in [2.45, 2.75) is 13.3 Å². The lowest BCUT2D eigenvalue weighted by Crippen LogP contribution is -2.46. The molecule has 0 atom stereocenters. The molecule has 0 aliphatic carbocycles. The summed E-state index contributed by atoms with van der Waals surface area (Å²) >= 11 is 0. The molecule has 1 fully saturated rings. The molecule has 25 heavy (non-hydrogen) atoms. The summed E-state index contributed by atoms with van der Waals surface area (Å²) in [5, 5.41) is 11.6. The van der Waals surface area contributed by atoms with Gasteiger partial charge in [0, 0.05) is 55.8 Å². The minimum atomic E-state index is 0.755. The minimum absolute atomic E-state index is 0.755. The molecule has 5 heteroatoms. The number of likely N-dealkylation sites (N-methyl/N-ethyl adjacent to an activating group) is 1. The Labute approximate surface area is 148 Å². The van der Waals surface area contributed by atoms with Gasteiger partial charge in [-0.05, 0) is 18.2 Å². The standard InChI is InChI=1S/C20H23N5/c1-2-24-10-12-25(13-11-24)20-18-8-4-3-7-17(18)19(22-23-20)14-16-6-5-9-21-15-16/h3-9,15H,2,10-14H2,1H3. The highest BCUT2D eigenvalue weighted by atomic mass is 15.3. The predicted octanol–water partition coefficient (Wildman–Crippen LogP) is 2.76. The van der Waals surface area contributed by atoms with Crippen molar-refractivity contribution in [3.8, 4) is 0 Å². The summed E-state index contributed by atoms with van der Waals surface area (Å²) in [6.07, 6.45) is 4.45. The Bertz CT molecular complexity index is 841. The monoisotopic (exact) mass is 333 g/mol. The molecule has 2 aromatic heterocycles. The summed E-state index contributed by atoms with van der Waals surface area (Å²) in [4.78, 5) is 9.05. The van der Waals surface area contributed by atoms with Gasteiger partial charge in [-0.1, -0.05) is 37.3 Å². The van der Waals surface area contributed by atoms with Gasteiger partial charge in [-0.3, -0.25) is 4.98 Å². The third-order valence-electron chi connectivity index (χ3n) is 4.96. The Kier molecular flexibility index (Phi) is 4.57. The quantitative estimate of drug-likeness (QED) is 0.735. The van der Waals surface area contributed by atoms with E-state index in [9.17, 15) is 0 Å². The first kappa shape index (κ1) is 16.0. The maximum atomic E-state index is 4.61. The van der Waals surface area contributed by atoms with Crippen LogP contribution in [0.25, 0.3) is 10.8 Å². The highest BCUT2D eigenvalue weighted by molar-refractivity contribution is 5.93. The van der Waals surface area contributed by atoms with Crippen LogP contribution >= 0.6 is 0 Å². The molecule has 0 saturated carbocycles. The average molecular weight is 333 g/mol. The lowest BCUT2D eigenvalue weighted by Gasteiger charge is -2.35. The van der Waals surface area contributed by atoms with Crippen molar-refractivity contribution >= 4 is 16.6 Å². The molecule has 3 heterocycles. The molecule has 0 bridgehead atoms. The Balaban J connectivity index is 1.67. The van der Waals surface area contributed by atoms with Crippen LogP contribution in [0.1, 0.15) is 18.2 Å². The molecule has 0 unspecified atom stereocenters. The van der Waals surface area contributed by atoms with Crippen LogP contribution in [0.3, 0.4) is 0 Å². The maximum Gasteiger partial charge on any atom is 0.159 e. The molecule has 128 valence electrons. The Morgan fingerprint density at radius 1 is 0.920 bits per heavy atom. The van der Waals surface area contributed by atoms with Gasteiger partial charge in [-0.2, -0.15) is 5.10 Å². The van der Waals surface area contributed by atoms with E-state index in [0.717, 1.165) is 56.2 Å². The van der Waals surface area contributed by atoms with Gasteiger partial charge in [-0.25, -0.2) is 0 Å². The SMILES string of the molecule is CCN1CCN(c2nnc(Cc3cccnc3)c3ccccc23)CC1. The van der Waals surface area contributed by atoms with Gasteiger partial charge >= 0.3 is 0 Å². The zero-order chi connectivity index (χ0) is 17.1. The van der Waals surface area contributed by atoms with Gasteiger partial charge in [0.25, 0.3) is 0 Å². The molecule has 5 nitrogen and oxygen atoms in total. The topological polar surface area (TPSA) is 45.2 Å². The summed E-state index contributed by atoms with van der Waals surface area (Å²) in [7, 11) is 0. The maximum absolute atomic E-state index is 4.61. The summed E-state index contributed by atoms with van der Waals surface area (Å²) in [6.45, 7) is 7.53. The third-order valence-corrected chi connectivity index (χ3v) is 4.96. The van der Waals surface area contributed by atoms with Crippen molar-refractivity contribution in [1.29, 1.82) is 0 Å². The van der Waals surface area contributed by atoms with Gasteiger partial charge in [0.1, 0.15) is 0 Å². The van der Waals surface area contributed by atoms with Gasteiger partial charge in [0.2, 0.25) is 0 Å². The lowest BCUT2D eigenvalue weighted by atomic mass is 10.0. The molecule has 0 radical (unpaired) electrons. The second kappa shape index (κ2) is 7.15. The van der Waals surface area contributed by atoms with E-state index in [4.69, 9.17) is 0 Å². The molecule has 3 aromatic rings. The van der Waals surface area contributed by atoms with Crippen molar-refractivity contribution < 1.29 is 0 Å². The first-order chi connectivity index (χ1) is 12.3. The van der Waals surface area contributed by atoms with E-state index in [1.807, 2.05) is 12.3 Å². The van der Waals surface area contributed by atoms with Gasteiger partial charge < -0.3 is 9.80 Å². The number of hydrogen-bond acceptors (Lipinski definition) is 5. The summed E-state index contributed by atoms with van der Waals surface area (Å²) in [5.74, 6) is 1.02. The number of hydrogen-bond donors (Lipinski definition) is 0. The predicted molar refractivity (Wildman–Crippen MR) is 101 cm³/mol. The third kappa shape index (κ3) is 3.33. The fraction of sp³-hybridized carbons (Fsp3) is 0.350. The van der Waals surface area contributed by atoms with E-state index in [-0.39, 0.29) is 0 Å². The highest BCUT2D eigenvalue weighted by Crippen LogP contribution is 2.27. The number of piperazine rings is 1. The molecular formula is C20H23N5. The van der Waals surface area contributed by atoms with Gasteiger partial charge in [-0.15, -0.1) is 5.10 Å². The number of anilines is 1. The van der Waals surface area contributed by atoms with Crippen LogP contribution in [-0.4, -0.2) is 52.8 Å². The van der Waals surface area contributed by atoms with Crippen molar-refractivity contribution in [3.05, 3.63) is 60.0 Å². The number of rotatable bonds is 4. The Hall–Kier alpha value is -2.53. The average Bonchev–Trinajstić information content (AvgIpc) is 2.69. The molecule has 1 aliphatic heterocycles. The van der Waals surface area contributed by atoms with E-state index >= 15 is 0 Å².